The molecular formula is C21H26ClN5O2S. The first-order valence-electron chi connectivity index (χ1n) is 9.90. The van der Waals surface area contributed by atoms with Crippen molar-refractivity contribution in [2.45, 2.75) is 37.4 Å². The van der Waals surface area contributed by atoms with E-state index in [1.165, 1.54) is 11.8 Å². The van der Waals surface area contributed by atoms with Crippen LogP contribution in [0, 0.1) is 5.41 Å². The lowest BCUT2D eigenvalue weighted by Gasteiger charge is -2.20. The fourth-order valence-electron chi connectivity index (χ4n) is 3.22. The third-order valence-electron chi connectivity index (χ3n) is 4.63. The minimum Gasteiger partial charge on any atom is -0.486 e. The lowest BCUT2D eigenvalue weighted by molar-refractivity contribution is 0.171. The van der Waals surface area contributed by atoms with Crippen LogP contribution in [0.5, 0.6) is 11.5 Å². The van der Waals surface area contributed by atoms with Gasteiger partial charge in [0.15, 0.2) is 22.5 Å². The predicted molar refractivity (Wildman–Crippen MR) is 121 cm³/mol. The van der Waals surface area contributed by atoms with Gasteiger partial charge in [0.2, 0.25) is 0 Å². The first-order chi connectivity index (χ1) is 14.3. The monoisotopic (exact) mass is 447 g/mol. The molecule has 0 atom stereocenters. The number of halogens is 1. The van der Waals surface area contributed by atoms with E-state index in [0.29, 0.717) is 41.1 Å². The Labute approximate surface area is 185 Å². The molecule has 3 heterocycles. The second-order valence-corrected chi connectivity index (χ2v) is 9.79. The lowest BCUT2D eigenvalue weighted by atomic mass is 9.97. The second kappa shape index (κ2) is 8.53. The second-order valence-electron chi connectivity index (χ2n) is 8.38. The van der Waals surface area contributed by atoms with Crippen molar-refractivity contribution in [2.75, 3.05) is 32.0 Å². The average Bonchev–Trinajstić information content (AvgIpc) is 3.04. The van der Waals surface area contributed by atoms with Gasteiger partial charge in [0.1, 0.15) is 18.7 Å². The zero-order valence-corrected chi connectivity index (χ0v) is 18.9. The van der Waals surface area contributed by atoms with Gasteiger partial charge < -0.3 is 25.1 Å². The van der Waals surface area contributed by atoms with Crippen LogP contribution in [0.1, 0.15) is 20.8 Å². The number of nitrogen functional groups attached to an aromatic ring is 1. The SMILES string of the molecule is CC(C)(C)CNCCn1c(Sc2cc3c(cc2Cl)OCCO3)nc2c(N)nccc21. The Bertz CT molecular complexity index is 1060. The number of imidazole rings is 1. The van der Waals surface area contributed by atoms with E-state index in [2.05, 4.69) is 35.6 Å². The Morgan fingerprint density at radius 2 is 1.97 bits per heavy atom. The van der Waals surface area contributed by atoms with Gasteiger partial charge in [0.05, 0.1) is 10.5 Å². The summed E-state index contributed by atoms with van der Waals surface area (Å²) in [7, 11) is 0. The van der Waals surface area contributed by atoms with E-state index in [-0.39, 0.29) is 5.41 Å². The molecule has 30 heavy (non-hydrogen) atoms. The number of anilines is 1. The topological polar surface area (TPSA) is 87.2 Å². The molecule has 4 rings (SSSR count). The normalized spacial score (nSPS) is 13.7. The maximum absolute atomic E-state index is 6.53. The highest BCUT2D eigenvalue weighted by Crippen LogP contribution is 2.42. The molecule has 1 aliphatic rings. The quantitative estimate of drug-likeness (QED) is 0.547. The Balaban J connectivity index is 1.64. The Hall–Kier alpha value is -2.16. The number of benzene rings is 1. The molecule has 1 aliphatic heterocycles. The van der Waals surface area contributed by atoms with Gasteiger partial charge in [0, 0.05) is 36.8 Å². The number of fused-ring (bicyclic) bond motifs is 2. The van der Waals surface area contributed by atoms with E-state index in [4.69, 9.17) is 31.8 Å². The molecule has 7 nitrogen and oxygen atoms in total. The van der Waals surface area contributed by atoms with Gasteiger partial charge in [-0.2, -0.15) is 0 Å². The molecule has 0 fully saturated rings. The van der Waals surface area contributed by atoms with Gasteiger partial charge in [-0.25, -0.2) is 9.97 Å². The van der Waals surface area contributed by atoms with E-state index in [0.717, 1.165) is 35.2 Å². The third kappa shape index (κ3) is 4.61. The highest BCUT2D eigenvalue weighted by molar-refractivity contribution is 7.99. The van der Waals surface area contributed by atoms with Crippen LogP contribution in [0.3, 0.4) is 0 Å². The molecule has 9 heteroatoms. The molecule has 0 radical (unpaired) electrons. The summed E-state index contributed by atoms with van der Waals surface area (Å²) in [6, 6.07) is 5.65. The van der Waals surface area contributed by atoms with Crippen molar-refractivity contribution < 1.29 is 9.47 Å². The van der Waals surface area contributed by atoms with Crippen LogP contribution in [0.25, 0.3) is 11.0 Å². The van der Waals surface area contributed by atoms with E-state index in [1.54, 1.807) is 12.3 Å². The van der Waals surface area contributed by atoms with Crippen LogP contribution in [0.4, 0.5) is 5.82 Å². The van der Waals surface area contributed by atoms with Gasteiger partial charge in [-0.3, -0.25) is 0 Å². The largest absolute Gasteiger partial charge is 0.486 e. The van der Waals surface area contributed by atoms with Gasteiger partial charge in [-0.05, 0) is 29.3 Å². The number of nitrogens with zero attached hydrogens (tertiary/aromatic N) is 3. The molecule has 0 amide bonds. The summed E-state index contributed by atoms with van der Waals surface area (Å²) >= 11 is 8.01. The summed E-state index contributed by atoms with van der Waals surface area (Å²) in [5, 5.41) is 4.92. The molecule has 3 aromatic rings. The summed E-state index contributed by atoms with van der Waals surface area (Å²) in [5.74, 6) is 1.79. The molecule has 0 spiro atoms. The standard InChI is InChI=1S/C21H26ClN5O2S/c1-21(2,3)12-24-6-7-27-14-4-5-25-19(23)18(14)26-20(27)30-17-11-16-15(10-13(17)22)28-8-9-29-16/h4-5,10-11,24H,6-9,12H2,1-3H3,(H2,23,25). The van der Waals surface area contributed by atoms with Gasteiger partial charge in [0.25, 0.3) is 0 Å². The number of pyridine rings is 1. The van der Waals surface area contributed by atoms with Gasteiger partial charge in [-0.1, -0.05) is 32.4 Å². The van der Waals surface area contributed by atoms with Crippen molar-refractivity contribution in [1.29, 1.82) is 0 Å². The molecule has 3 N–H and O–H groups in total. The number of rotatable bonds is 6. The molecule has 0 saturated carbocycles. The molecule has 2 aromatic heterocycles. The van der Waals surface area contributed by atoms with E-state index in [9.17, 15) is 0 Å². The molecule has 0 aliphatic carbocycles. The summed E-state index contributed by atoms with van der Waals surface area (Å²) in [6.45, 7) is 10.2. The first-order valence-corrected chi connectivity index (χ1v) is 11.1. The van der Waals surface area contributed by atoms with Crippen LogP contribution in [0.15, 0.2) is 34.4 Å². The predicted octanol–water partition coefficient (Wildman–Crippen LogP) is 4.23. The zero-order valence-electron chi connectivity index (χ0n) is 17.4. The van der Waals surface area contributed by atoms with Gasteiger partial charge >= 0.3 is 0 Å². The van der Waals surface area contributed by atoms with Gasteiger partial charge in [-0.15, -0.1) is 0 Å². The maximum atomic E-state index is 6.53. The number of ether oxygens (including phenoxy) is 2. The Kier molecular flexibility index (Phi) is 5.99. The fourth-order valence-corrected chi connectivity index (χ4v) is 4.45. The van der Waals surface area contributed by atoms with Crippen molar-refractivity contribution in [1.82, 2.24) is 19.9 Å². The van der Waals surface area contributed by atoms with Crippen LogP contribution < -0.4 is 20.5 Å². The van der Waals surface area contributed by atoms with E-state index < -0.39 is 0 Å². The first kappa shape index (κ1) is 21.1. The van der Waals surface area contributed by atoms with Crippen LogP contribution in [-0.2, 0) is 6.54 Å². The molecule has 0 unspecified atom stereocenters. The Morgan fingerprint density at radius 1 is 1.23 bits per heavy atom. The van der Waals surface area contributed by atoms with Crippen LogP contribution >= 0.6 is 23.4 Å². The molecule has 160 valence electrons. The van der Waals surface area contributed by atoms with Crippen molar-refractivity contribution in [3.8, 4) is 11.5 Å². The summed E-state index contributed by atoms with van der Waals surface area (Å²) in [6.07, 6.45) is 1.71. The van der Waals surface area contributed by atoms with Crippen molar-refractivity contribution >= 4 is 40.2 Å². The fraction of sp³-hybridized carbons (Fsp3) is 0.429. The van der Waals surface area contributed by atoms with Crippen molar-refractivity contribution in [3.63, 3.8) is 0 Å². The summed E-state index contributed by atoms with van der Waals surface area (Å²) < 4.78 is 13.5. The number of nitrogens with one attached hydrogen (secondary N) is 1. The minimum atomic E-state index is 0.224. The lowest BCUT2D eigenvalue weighted by Crippen LogP contribution is -2.29. The Morgan fingerprint density at radius 3 is 2.70 bits per heavy atom. The van der Waals surface area contributed by atoms with Crippen molar-refractivity contribution in [2.24, 2.45) is 5.41 Å². The highest BCUT2D eigenvalue weighted by atomic mass is 35.5. The average molecular weight is 448 g/mol. The minimum absolute atomic E-state index is 0.224. The molecular weight excluding hydrogens is 422 g/mol. The van der Waals surface area contributed by atoms with Crippen LogP contribution in [-0.4, -0.2) is 40.8 Å². The third-order valence-corrected chi connectivity index (χ3v) is 6.10. The zero-order chi connectivity index (χ0) is 21.3. The number of hydrogen-bond acceptors (Lipinski definition) is 7. The highest BCUT2D eigenvalue weighted by Gasteiger charge is 2.20. The van der Waals surface area contributed by atoms with E-state index >= 15 is 0 Å². The molecule has 0 bridgehead atoms. The van der Waals surface area contributed by atoms with Crippen molar-refractivity contribution in [3.05, 3.63) is 29.4 Å². The number of aromatic nitrogens is 3. The summed E-state index contributed by atoms with van der Waals surface area (Å²) in [5.41, 5.74) is 7.97. The smallest absolute Gasteiger partial charge is 0.174 e. The summed E-state index contributed by atoms with van der Waals surface area (Å²) in [4.78, 5) is 9.81. The number of hydrogen-bond donors (Lipinski definition) is 2. The molecule has 0 saturated heterocycles. The maximum Gasteiger partial charge on any atom is 0.174 e. The molecule has 1 aromatic carbocycles. The van der Waals surface area contributed by atoms with Crippen LogP contribution in [0.2, 0.25) is 5.02 Å². The van der Waals surface area contributed by atoms with E-state index in [1.807, 2.05) is 12.1 Å². The number of nitrogens with two attached hydrogens (primary N) is 1.